The van der Waals surface area contributed by atoms with Crippen molar-refractivity contribution in [2.24, 2.45) is 0 Å². The number of pyridine rings is 1. The van der Waals surface area contributed by atoms with Crippen molar-refractivity contribution in [2.45, 2.75) is 0 Å². The summed E-state index contributed by atoms with van der Waals surface area (Å²) in [5.74, 6) is 0. The Bertz CT molecular complexity index is 803. The molecule has 94 valence electrons. The fraction of sp³-hybridized carbons (Fsp3) is 0. The topological polar surface area (TPSA) is 22.0 Å². The molecule has 0 aliphatic rings. The average Bonchev–Trinajstić information content (AvgIpc) is 2.41. The van der Waals surface area contributed by atoms with E-state index in [0.717, 1.165) is 10.9 Å². The standard InChI is InChI=1S/C15H9Cl2NO/c16-11-5-3-6-12(17)15(11)18-13-7-2-1-4-10(13)8-9-14(18)19/h1-9H. The second-order valence-electron chi connectivity index (χ2n) is 4.14. The number of benzene rings is 2. The lowest BCUT2D eigenvalue weighted by Crippen LogP contribution is -2.18. The molecule has 2 nitrogen and oxygen atoms in total. The molecule has 3 aromatic rings. The van der Waals surface area contributed by atoms with Crippen molar-refractivity contribution in [3.05, 3.63) is 75.0 Å². The third-order valence-corrected chi connectivity index (χ3v) is 3.57. The van der Waals surface area contributed by atoms with Gasteiger partial charge in [-0.2, -0.15) is 0 Å². The summed E-state index contributed by atoms with van der Waals surface area (Å²) in [6.07, 6.45) is 0. The molecule has 2 aromatic carbocycles. The normalized spacial score (nSPS) is 10.8. The lowest BCUT2D eigenvalue weighted by atomic mass is 10.2. The van der Waals surface area contributed by atoms with Gasteiger partial charge in [-0.25, -0.2) is 0 Å². The zero-order valence-electron chi connectivity index (χ0n) is 9.81. The highest BCUT2D eigenvalue weighted by atomic mass is 35.5. The third-order valence-electron chi connectivity index (χ3n) is 2.96. The van der Waals surface area contributed by atoms with Crippen molar-refractivity contribution in [1.29, 1.82) is 0 Å². The predicted molar refractivity (Wildman–Crippen MR) is 79.6 cm³/mol. The molecule has 3 rings (SSSR count). The summed E-state index contributed by atoms with van der Waals surface area (Å²) >= 11 is 12.4. The first-order valence-electron chi connectivity index (χ1n) is 5.73. The van der Waals surface area contributed by atoms with Crippen LogP contribution in [-0.4, -0.2) is 4.57 Å². The van der Waals surface area contributed by atoms with Gasteiger partial charge < -0.3 is 0 Å². The molecule has 0 unspecified atom stereocenters. The average molecular weight is 290 g/mol. The summed E-state index contributed by atoms with van der Waals surface area (Å²) in [5.41, 5.74) is 1.14. The largest absolute Gasteiger partial charge is 0.274 e. The van der Waals surface area contributed by atoms with Crippen molar-refractivity contribution in [1.82, 2.24) is 4.57 Å². The van der Waals surface area contributed by atoms with Crippen LogP contribution in [0.15, 0.2) is 59.4 Å². The summed E-state index contributed by atoms with van der Waals surface area (Å²) in [4.78, 5) is 12.2. The summed E-state index contributed by atoms with van der Waals surface area (Å²) < 4.78 is 1.54. The van der Waals surface area contributed by atoms with Gasteiger partial charge >= 0.3 is 0 Å². The van der Waals surface area contributed by atoms with E-state index in [2.05, 4.69) is 0 Å². The second-order valence-corrected chi connectivity index (χ2v) is 4.95. The number of halogens is 2. The molecular weight excluding hydrogens is 281 g/mol. The highest BCUT2D eigenvalue weighted by Gasteiger charge is 2.11. The lowest BCUT2D eigenvalue weighted by molar-refractivity contribution is 1.04. The van der Waals surface area contributed by atoms with E-state index in [1.165, 1.54) is 6.07 Å². The first kappa shape index (κ1) is 12.3. The molecule has 0 aliphatic carbocycles. The van der Waals surface area contributed by atoms with E-state index in [1.807, 2.05) is 24.3 Å². The van der Waals surface area contributed by atoms with Crippen LogP contribution in [0.2, 0.25) is 10.0 Å². The lowest BCUT2D eigenvalue weighted by Gasteiger charge is -2.13. The quantitative estimate of drug-likeness (QED) is 0.655. The zero-order chi connectivity index (χ0) is 13.4. The molecule has 0 atom stereocenters. The minimum absolute atomic E-state index is 0.159. The maximum absolute atomic E-state index is 12.2. The maximum atomic E-state index is 12.2. The van der Waals surface area contributed by atoms with Crippen LogP contribution in [0.4, 0.5) is 0 Å². The van der Waals surface area contributed by atoms with Gasteiger partial charge in [0.05, 0.1) is 21.2 Å². The maximum Gasteiger partial charge on any atom is 0.255 e. The molecule has 0 radical (unpaired) electrons. The van der Waals surface area contributed by atoms with Gasteiger partial charge in [0.15, 0.2) is 0 Å². The summed E-state index contributed by atoms with van der Waals surface area (Å²) in [6.45, 7) is 0. The summed E-state index contributed by atoms with van der Waals surface area (Å²) in [7, 11) is 0. The molecule has 0 aliphatic heterocycles. The molecular formula is C15H9Cl2NO. The molecule has 0 bridgehead atoms. The van der Waals surface area contributed by atoms with Gasteiger partial charge in [-0.1, -0.05) is 47.5 Å². The summed E-state index contributed by atoms with van der Waals surface area (Å²) in [6, 6.07) is 16.1. The number of hydrogen-bond donors (Lipinski definition) is 0. The van der Waals surface area contributed by atoms with Gasteiger partial charge in [0, 0.05) is 6.07 Å². The number of para-hydroxylation sites is 2. The predicted octanol–water partition coefficient (Wildman–Crippen LogP) is 4.30. The Morgan fingerprint density at radius 2 is 1.47 bits per heavy atom. The second kappa shape index (κ2) is 4.72. The van der Waals surface area contributed by atoms with Gasteiger partial charge in [0.1, 0.15) is 0 Å². The van der Waals surface area contributed by atoms with Crippen LogP contribution in [-0.2, 0) is 0 Å². The van der Waals surface area contributed by atoms with Crippen molar-refractivity contribution in [3.63, 3.8) is 0 Å². The van der Waals surface area contributed by atoms with E-state index in [-0.39, 0.29) is 5.56 Å². The molecule has 0 saturated heterocycles. The van der Waals surface area contributed by atoms with E-state index in [4.69, 9.17) is 23.2 Å². The zero-order valence-corrected chi connectivity index (χ0v) is 11.3. The summed E-state index contributed by atoms with van der Waals surface area (Å²) in [5, 5.41) is 1.86. The molecule has 19 heavy (non-hydrogen) atoms. The van der Waals surface area contributed by atoms with Crippen LogP contribution < -0.4 is 5.56 Å². The molecule has 0 saturated carbocycles. The smallest absolute Gasteiger partial charge is 0.255 e. The van der Waals surface area contributed by atoms with Crippen LogP contribution in [0.3, 0.4) is 0 Å². The number of hydrogen-bond acceptors (Lipinski definition) is 1. The Labute approximate surface area is 119 Å². The molecule has 0 spiro atoms. The number of fused-ring (bicyclic) bond motifs is 1. The fourth-order valence-corrected chi connectivity index (χ4v) is 2.69. The van der Waals surface area contributed by atoms with E-state index in [1.54, 1.807) is 28.8 Å². The fourth-order valence-electron chi connectivity index (χ4n) is 2.12. The van der Waals surface area contributed by atoms with Gasteiger partial charge in [-0.05, 0) is 29.7 Å². The Kier molecular flexibility index (Phi) is 3.05. The van der Waals surface area contributed by atoms with E-state index >= 15 is 0 Å². The minimum Gasteiger partial charge on any atom is -0.274 e. The number of nitrogens with zero attached hydrogens (tertiary/aromatic N) is 1. The first-order valence-corrected chi connectivity index (χ1v) is 6.49. The molecule has 0 amide bonds. The highest BCUT2D eigenvalue weighted by molar-refractivity contribution is 6.37. The van der Waals surface area contributed by atoms with Crippen LogP contribution in [0, 0.1) is 0 Å². The minimum atomic E-state index is -0.159. The van der Waals surface area contributed by atoms with Gasteiger partial charge in [0.25, 0.3) is 5.56 Å². The molecule has 4 heteroatoms. The van der Waals surface area contributed by atoms with Crippen molar-refractivity contribution in [3.8, 4) is 5.69 Å². The highest BCUT2D eigenvalue weighted by Crippen LogP contribution is 2.29. The Morgan fingerprint density at radius 1 is 0.789 bits per heavy atom. The molecule has 0 N–H and O–H groups in total. The van der Waals surface area contributed by atoms with Crippen LogP contribution in [0.25, 0.3) is 16.6 Å². The van der Waals surface area contributed by atoms with Crippen molar-refractivity contribution in [2.75, 3.05) is 0 Å². The van der Waals surface area contributed by atoms with Crippen LogP contribution in [0.5, 0.6) is 0 Å². The van der Waals surface area contributed by atoms with Crippen molar-refractivity contribution < 1.29 is 0 Å². The number of rotatable bonds is 1. The van der Waals surface area contributed by atoms with Crippen LogP contribution >= 0.6 is 23.2 Å². The van der Waals surface area contributed by atoms with Crippen molar-refractivity contribution >= 4 is 34.1 Å². The van der Waals surface area contributed by atoms with E-state index in [0.29, 0.717) is 15.7 Å². The van der Waals surface area contributed by atoms with Gasteiger partial charge in [0.2, 0.25) is 0 Å². The third kappa shape index (κ3) is 2.03. The Hall–Kier alpha value is -1.77. The van der Waals surface area contributed by atoms with Gasteiger partial charge in [-0.3, -0.25) is 9.36 Å². The van der Waals surface area contributed by atoms with E-state index in [9.17, 15) is 4.79 Å². The first-order chi connectivity index (χ1) is 9.18. The Balaban J connectivity index is 2.49. The molecule has 0 fully saturated rings. The SMILES string of the molecule is O=c1ccc2ccccc2n1-c1c(Cl)cccc1Cl. The monoisotopic (exact) mass is 289 g/mol. The molecule has 1 aromatic heterocycles. The number of aromatic nitrogens is 1. The van der Waals surface area contributed by atoms with E-state index < -0.39 is 0 Å². The molecule has 1 heterocycles. The Morgan fingerprint density at radius 3 is 2.21 bits per heavy atom. The van der Waals surface area contributed by atoms with Crippen LogP contribution in [0.1, 0.15) is 0 Å². The van der Waals surface area contributed by atoms with Gasteiger partial charge in [-0.15, -0.1) is 0 Å².